The van der Waals surface area contributed by atoms with Crippen molar-refractivity contribution in [3.8, 4) is 5.75 Å². The van der Waals surface area contributed by atoms with E-state index in [2.05, 4.69) is 36.1 Å². The van der Waals surface area contributed by atoms with Crippen molar-refractivity contribution in [2.75, 3.05) is 6.61 Å². The Morgan fingerprint density at radius 3 is 2.51 bits per heavy atom. The van der Waals surface area contributed by atoms with Gasteiger partial charge in [0.1, 0.15) is 5.75 Å². The molecule has 0 aliphatic carbocycles. The maximum Gasteiger partial charge on any atom is 0.241 e. The summed E-state index contributed by atoms with van der Waals surface area (Å²) < 4.78 is 35.1. The summed E-state index contributed by atoms with van der Waals surface area (Å²) in [7, 11) is -3.94. The number of nitrogens with one attached hydrogen (secondary N) is 3. The summed E-state index contributed by atoms with van der Waals surface area (Å²) in [4.78, 5) is 13.3. The normalized spacial score (nSPS) is 16.2. The number of benzene rings is 3. The highest BCUT2D eigenvalue weighted by atomic mass is 35.5. The van der Waals surface area contributed by atoms with Crippen molar-refractivity contribution in [1.29, 1.82) is 0 Å². The summed E-state index contributed by atoms with van der Waals surface area (Å²) in [6, 6.07) is 18.7. The van der Waals surface area contributed by atoms with E-state index in [1.807, 2.05) is 36.4 Å². The maximum atomic E-state index is 13.3. The largest absolute Gasteiger partial charge is 0.493 e. The van der Waals surface area contributed by atoms with Gasteiger partial charge in [-0.15, -0.1) is 0 Å². The van der Waals surface area contributed by atoms with Crippen molar-refractivity contribution >= 4 is 27.5 Å². The zero-order valence-corrected chi connectivity index (χ0v) is 24.3. The Morgan fingerprint density at radius 1 is 1.08 bits per heavy atom. The number of ether oxygens (including phenoxy) is 1. The molecular formula is C30H36ClN3O4S. The van der Waals surface area contributed by atoms with Crippen LogP contribution in [-0.2, 0) is 21.4 Å². The molecule has 1 heterocycles. The Hall–Kier alpha value is -2.91. The number of hydrogen-bond donors (Lipinski definition) is 3. The van der Waals surface area contributed by atoms with Crippen molar-refractivity contribution in [1.82, 2.24) is 15.4 Å². The fourth-order valence-corrected chi connectivity index (χ4v) is 5.90. The number of carbonyl (C=O) groups excluding carboxylic acids is 1. The fourth-order valence-electron chi connectivity index (χ4n) is 4.41. The summed E-state index contributed by atoms with van der Waals surface area (Å²) >= 11 is 6.18. The van der Waals surface area contributed by atoms with Gasteiger partial charge < -0.3 is 15.4 Å². The predicted octanol–water partition coefficient (Wildman–Crippen LogP) is 5.59. The summed E-state index contributed by atoms with van der Waals surface area (Å²) in [5.74, 6) is 0.501. The lowest BCUT2D eigenvalue weighted by atomic mass is 9.97. The van der Waals surface area contributed by atoms with Crippen LogP contribution < -0.4 is 20.1 Å². The molecule has 3 aromatic rings. The zero-order valence-electron chi connectivity index (χ0n) is 22.8. The number of hydrogen-bond acceptors (Lipinski definition) is 5. The van der Waals surface area contributed by atoms with E-state index in [4.69, 9.17) is 16.3 Å². The van der Waals surface area contributed by atoms with Gasteiger partial charge >= 0.3 is 0 Å². The number of fused-ring (bicyclic) bond motifs is 1. The molecule has 0 aromatic heterocycles. The molecule has 4 rings (SSSR count). The Morgan fingerprint density at radius 2 is 1.82 bits per heavy atom. The quantitative estimate of drug-likeness (QED) is 0.312. The van der Waals surface area contributed by atoms with Crippen LogP contribution in [-0.4, -0.2) is 26.5 Å². The molecule has 0 radical (unpaired) electrons. The van der Waals surface area contributed by atoms with Gasteiger partial charge in [0.05, 0.1) is 23.6 Å². The Bertz CT molecular complexity index is 1420. The van der Waals surface area contributed by atoms with Crippen LogP contribution in [0, 0.1) is 6.92 Å². The van der Waals surface area contributed by atoms with Gasteiger partial charge in [0, 0.05) is 35.5 Å². The lowest BCUT2D eigenvalue weighted by Crippen LogP contribution is -2.37. The van der Waals surface area contributed by atoms with Crippen LogP contribution in [0.1, 0.15) is 68.0 Å². The Balaban J connectivity index is 1.50. The van der Waals surface area contributed by atoms with Crippen LogP contribution in [0.25, 0.3) is 0 Å². The van der Waals surface area contributed by atoms with Gasteiger partial charge in [-0.25, -0.2) is 13.1 Å². The minimum absolute atomic E-state index is 0.00417. The van der Waals surface area contributed by atoms with Gasteiger partial charge in [0.25, 0.3) is 0 Å². The Kier molecular flexibility index (Phi) is 9.01. The molecule has 1 aliphatic heterocycles. The van der Waals surface area contributed by atoms with Gasteiger partial charge in [-0.3, -0.25) is 4.79 Å². The van der Waals surface area contributed by atoms with E-state index in [-0.39, 0.29) is 28.8 Å². The molecule has 0 bridgehead atoms. The summed E-state index contributed by atoms with van der Waals surface area (Å²) in [5, 5.41) is 6.94. The van der Waals surface area contributed by atoms with Crippen molar-refractivity contribution < 1.29 is 17.9 Å². The number of halogens is 1. The minimum Gasteiger partial charge on any atom is -0.493 e. The van der Waals surface area contributed by atoms with E-state index in [1.54, 1.807) is 25.1 Å². The molecule has 0 fully saturated rings. The molecule has 39 heavy (non-hydrogen) atoms. The van der Waals surface area contributed by atoms with Crippen LogP contribution >= 0.6 is 11.6 Å². The number of amides is 1. The molecule has 2 atom stereocenters. The van der Waals surface area contributed by atoms with Gasteiger partial charge in [0.15, 0.2) is 0 Å². The molecule has 0 saturated heterocycles. The average Bonchev–Trinajstić information content (AvgIpc) is 2.88. The summed E-state index contributed by atoms with van der Waals surface area (Å²) in [5.41, 5.74) is 3.49. The second-order valence-corrected chi connectivity index (χ2v) is 13.1. The second kappa shape index (κ2) is 12.1. The molecule has 1 aliphatic rings. The summed E-state index contributed by atoms with van der Waals surface area (Å²) in [6.45, 7) is 9.35. The third-order valence-electron chi connectivity index (χ3n) is 6.62. The highest BCUT2D eigenvalue weighted by Crippen LogP contribution is 2.33. The van der Waals surface area contributed by atoms with Gasteiger partial charge in [-0.05, 0) is 62.6 Å². The van der Waals surface area contributed by atoms with E-state index in [0.717, 1.165) is 22.4 Å². The highest BCUT2D eigenvalue weighted by Gasteiger charge is 2.28. The summed E-state index contributed by atoms with van der Waals surface area (Å²) in [6.07, 6.45) is 0.561. The van der Waals surface area contributed by atoms with Crippen molar-refractivity contribution in [3.63, 3.8) is 0 Å². The monoisotopic (exact) mass is 569 g/mol. The van der Waals surface area contributed by atoms with Crippen LogP contribution in [0.2, 0.25) is 5.02 Å². The highest BCUT2D eigenvalue weighted by molar-refractivity contribution is 7.89. The van der Waals surface area contributed by atoms with Crippen LogP contribution in [0.4, 0.5) is 0 Å². The molecule has 0 saturated carbocycles. The topological polar surface area (TPSA) is 96.5 Å². The number of rotatable bonds is 9. The lowest BCUT2D eigenvalue weighted by Gasteiger charge is -2.28. The van der Waals surface area contributed by atoms with E-state index in [0.29, 0.717) is 30.2 Å². The van der Waals surface area contributed by atoms with E-state index < -0.39 is 16.1 Å². The van der Waals surface area contributed by atoms with Crippen LogP contribution in [0.3, 0.4) is 0 Å². The smallest absolute Gasteiger partial charge is 0.241 e. The molecule has 3 aromatic carbocycles. The Labute approximate surface area is 236 Å². The zero-order chi connectivity index (χ0) is 28.2. The molecule has 208 valence electrons. The number of aryl methyl sites for hydroxylation is 1. The van der Waals surface area contributed by atoms with Gasteiger partial charge in [0.2, 0.25) is 15.9 Å². The molecule has 0 spiro atoms. The number of sulfonamides is 1. The SMILES string of the molecule is Cc1ccc(S(=O)(=O)N[C@H](CC(=O)N[C@@H]2CCOc3cc(CNC(C)(C)C)ccc32)c2ccccc2)cc1Cl. The van der Waals surface area contributed by atoms with Gasteiger partial charge in [-0.1, -0.05) is 60.1 Å². The van der Waals surface area contributed by atoms with Crippen molar-refractivity contribution in [2.24, 2.45) is 0 Å². The molecule has 3 N–H and O–H groups in total. The van der Waals surface area contributed by atoms with E-state index in [1.165, 1.54) is 12.1 Å². The first kappa shape index (κ1) is 29.1. The van der Waals surface area contributed by atoms with Gasteiger partial charge in [-0.2, -0.15) is 0 Å². The van der Waals surface area contributed by atoms with Crippen LogP contribution in [0.5, 0.6) is 5.75 Å². The third kappa shape index (κ3) is 7.82. The molecular weight excluding hydrogens is 534 g/mol. The van der Waals surface area contributed by atoms with Crippen molar-refractivity contribution in [2.45, 2.75) is 69.6 Å². The minimum atomic E-state index is -3.94. The van der Waals surface area contributed by atoms with E-state index in [9.17, 15) is 13.2 Å². The predicted molar refractivity (Wildman–Crippen MR) is 154 cm³/mol. The molecule has 9 heteroatoms. The number of carbonyl (C=O) groups is 1. The maximum absolute atomic E-state index is 13.3. The van der Waals surface area contributed by atoms with Crippen LogP contribution in [0.15, 0.2) is 71.6 Å². The van der Waals surface area contributed by atoms with E-state index >= 15 is 0 Å². The molecule has 7 nitrogen and oxygen atoms in total. The first-order chi connectivity index (χ1) is 18.4. The third-order valence-corrected chi connectivity index (χ3v) is 8.49. The first-order valence-electron chi connectivity index (χ1n) is 13.0. The average molecular weight is 570 g/mol. The molecule has 1 amide bonds. The standard InChI is InChI=1S/C30H36ClN3O4S/c1-20-10-12-23(17-25(20)31)39(36,37)34-27(22-8-6-5-7-9-22)18-29(35)33-26-14-15-38-28-16-21(11-13-24(26)28)19-32-30(2,3)4/h5-13,16-17,26-27,32,34H,14-15,18-19H2,1-4H3,(H,33,35)/t26-,27-/m1/s1. The fraction of sp³-hybridized carbons (Fsp3) is 0.367. The first-order valence-corrected chi connectivity index (χ1v) is 14.9. The van der Waals surface area contributed by atoms with Crippen molar-refractivity contribution in [3.05, 3.63) is 94.0 Å². The lowest BCUT2D eigenvalue weighted by molar-refractivity contribution is -0.122. The molecule has 0 unspecified atom stereocenters. The second-order valence-electron chi connectivity index (χ2n) is 10.9.